The Morgan fingerprint density at radius 3 is 2.67 bits per heavy atom. The number of aliphatic imine (C=N–C) groups is 1. The summed E-state index contributed by atoms with van der Waals surface area (Å²) in [6.07, 6.45) is 9.56. The number of likely N-dealkylation sites (N-methyl/N-ethyl adjacent to an activating group) is 1. The second kappa shape index (κ2) is 6.93. The number of benzene rings is 1. The molecule has 2 saturated heterocycles. The first-order chi connectivity index (χ1) is 13.3. The summed E-state index contributed by atoms with van der Waals surface area (Å²) in [5.74, 6) is 0. The van der Waals surface area contributed by atoms with Crippen LogP contribution in [-0.2, 0) is 0 Å². The molecule has 4 heterocycles. The summed E-state index contributed by atoms with van der Waals surface area (Å²) in [7, 11) is 2.25. The van der Waals surface area contributed by atoms with Gasteiger partial charge in [-0.25, -0.2) is 0 Å². The van der Waals surface area contributed by atoms with Crippen molar-refractivity contribution >= 4 is 17.5 Å². The smallest absolute Gasteiger partial charge is 0.0694 e. The van der Waals surface area contributed by atoms with Crippen LogP contribution in [0.3, 0.4) is 0 Å². The van der Waals surface area contributed by atoms with Gasteiger partial charge in [0.05, 0.1) is 5.71 Å². The monoisotopic (exact) mass is 358 g/mol. The third-order valence-corrected chi connectivity index (χ3v) is 6.19. The highest BCUT2D eigenvalue weighted by Crippen LogP contribution is 2.34. The third kappa shape index (κ3) is 3.19. The van der Waals surface area contributed by atoms with Crippen LogP contribution < -0.4 is 4.90 Å². The van der Waals surface area contributed by atoms with Crippen LogP contribution in [0.1, 0.15) is 30.4 Å². The van der Waals surface area contributed by atoms with Gasteiger partial charge in [0.1, 0.15) is 0 Å². The van der Waals surface area contributed by atoms with Crippen molar-refractivity contribution < 1.29 is 0 Å². The van der Waals surface area contributed by atoms with Gasteiger partial charge in [-0.05, 0) is 67.8 Å². The topological polar surface area (TPSA) is 31.7 Å². The van der Waals surface area contributed by atoms with Gasteiger partial charge in [0.2, 0.25) is 0 Å². The molecule has 0 amide bonds. The first kappa shape index (κ1) is 16.7. The van der Waals surface area contributed by atoms with Crippen LogP contribution in [-0.4, -0.2) is 54.4 Å². The van der Waals surface area contributed by atoms with E-state index in [2.05, 4.69) is 58.2 Å². The highest BCUT2D eigenvalue weighted by molar-refractivity contribution is 6.15. The molecule has 2 aromatic rings. The molecule has 0 aliphatic carbocycles. The first-order valence-electron chi connectivity index (χ1n) is 10.0. The van der Waals surface area contributed by atoms with Crippen LogP contribution in [0.15, 0.2) is 59.4 Å². The van der Waals surface area contributed by atoms with Gasteiger partial charge in [-0.1, -0.05) is 12.1 Å². The molecular weight excluding hydrogens is 332 g/mol. The average molecular weight is 358 g/mol. The van der Waals surface area contributed by atoms with Crippen LogP contribution in [0.2, 0.25) is 0 Å². The molecule has 1 aromatic heterocycles. The fourth-order valence-corrected chi connectivity index (χ4v) is 4.75. The van der Waals surface area contributed by atoms with Gasteiger partial charge in [-0.2, -0.15) is 0 Å². The Morgan fingerprint density at radius 2 is 1.96 bits per heavy atom. The van der Waals surface area contributed by atoms with E-state index in [1.165, 1.54) is 36.3 Å². The van der Waals surface area contributed by atoms with Gasteiger partial charge >= 0.3 is 0 Å². The number of nitrogens with zero attached hydrogens (tertiary/aromatic N) is 4. The van der Waals surface area contributed by atoms with E-state index < -0.39 is 0 Å². The Balaban J connectivity index is 1.37. The zero-order valence-electron chi connectivity index (χ0n) is 15.9. The molecule has 0 radical (unpaired) electrons. The van der Waals surface area contributed by atoms with E-state index in [1.54, 1.807) is 0 Å². The van der Waals surface area contributed by atoms with Gasteiger partial charge < -0.3 is 4.90 Å². The van der Waals surface area contributed by atoms with Crippen LogP contribution in [0, 0.1) is 0 Å². The molecule has 0 saturated carbocycles. The Kier molecular flexibility index (Phi) is 4.29. The molecule has 138 valence electrons. The summed E-state index contributed by atoms with van der Waals surface area (Å²) in [6.45, 7) is 3.27. The molecule has 4 heteroatoms. The lowest BCUT2D eigenvalue weighted by molar-refractivity contribution is 0.292. The molecule has 1 aromatic carbocycles. The number of fused-ring (bicyclic) bond motifs is 2. The van der Waals surface area contributed by atoms with Crippen LogP contribution in [0.5, 0.6) is 0 Å². The Labute approximate surface area is 161 Å². The van der Waals surface area contributed by atoms with E-state index in [0.29, 0.717) is 6.04 Å². The normalized spacial score (nSPS) is 26.6. The Morgan fingerprint density at radius 1 is 1.07 bits per heavy atom. The molecule has 27 heavy (non-hydrogen) atoms. The average Bonchev–Trinajstić information content (AvgIpc) is 3.29. The predicted octanol–water partition coefficient (Wildman–Crippen LogP) is 3.64. The van der Waals surface area contributed by atoms with E-state index in [-0.39, 0.29) is 0 Å². The van der Waals surface area contributed by atoms with Crippen molar-refractivity contribution in [1.29, 1.82) is 0 Å². The van der Waals surface area contributed by atoms with Crippen molar-refractivity contribution in [1.82, 2.24) is 9.88 Å². The fraction of sp³-hybridized carbons (Fsp3) is 0.391. The summed E-state index contributed by atoms with van der Waals surface area (Å²) in [6, 6.07) is 14.6. The van der Waals surface area contributed by atoms with Crippen LogP contribution in [0.4, 0.5) is 5.69 Å². The van der Waals surface area contributed by atoms with Gasteiger partial charge in [0.15, 0.2) is 0 Å². The Hall–Kier alpha value is -2.46. The van der Waals surface area contributed by atoms with Gasteiger partial charge in [0.25, 0.3) is 0 Å². The molecule has 0 spiro atoms. The molecule has 5 rings (SSSR count). The second-order valence-electron chi connectivity index (χ2n) is 7.97. The third-order valence-electron chi connectivity index (χ3n) is 6.19. The van der Waals surface area contributed by atoms with E-state index in [4.69, 9.17) is 4.99 Å². The number of aromatic nitrogens is 1. The number of likely N-dealkylation sites (tertiary alicyclic amines) is 1. The van der Waals surface area contributed by atoms with Crippen molar-refractivity contribution in [3.05, 3.63) is 65.5 Å². The zero-order chi connectivity index (χ0) is 18.2. The van der Waals surface area contributed by atoms with Crippen LogP contribution >= 0.6 is 0 Å². The molecule has 2 fully saturated rings. The molecule has 3 aliphatic rings. The molecular formula is C23H26N4. The minimum atomic E-state index is 0.687. The largest absolute Gasteiger partial charge is 0.366 e. The van der Waals surface area contributed by atoms with Crippen molar-refractivity contribution in [2.24, 2.45) is 4.99 Å². The molecule has 3 aliphatic heterocycles. The number of pyridine rings is 1. The first-order valence-corrected chi connectivity index (χ1v) is 10.0. The number of piperazine rings is 1. The maximum Gasteiger partial charge on any atom is 0.0694 e. The van der Waals surface area contributed by atoms with Crippen molar-refractivity contribution in [3.63, 3.8) is 0 Å². The quantitative estimate of drug-likeness (QED) is 0.839. The minimum absolute atomic E-state index is 0.687. The van der Waals surface area contributed by atoms with Crippen LogP contribution in [0.25, 0.3) is 6.08 Å². The minimum Gasteiger partial charge on any atom is -0.366 e. The van der Waals surface area contributed by atoms with Gasteiger partial charge in [-0.15, -0.1) is 0 Å². The summed E-state index contributed by atoms with van der Waals surface area (Å²) in [5.41, 5.74) is 6.18. The molecule has 2 atom stereocenters. The predicted molar refractivity (Wildman–Crippen MR) is 111 cm³/mol. The lowest BCUT2D eigenvalue weighted by atomic mass is 9.95. The second-order valence-corrected chi connectivity index (χ2v) is 7.97. The number of hydrogen-bond donors (Lipinski definition) is 0. The summed E-state index contributed by atoms with van der Waals surface area (Å²) in [5, 5.41) is 0. The summed E-state index contributed by atoms with van der Waals surface area (Å²) in [4.78, 5) is 14.1. The van der Waals surface area contributed by atoms with Crippen molar-refractivity contribution in [2.45, 2.75) is 31.3 Å². The van der Waals surface area contributed by atoms with E-state index in [9.17, 15) is 0 Å². The van der Waals surface area contributed by atoms with E-state index in [0.717, 1.165) is 36.7 Å². The maximum absolute atomic E-state index is 4.79. The molecule has 0 N–H and O–H groups in total. The molecule has 0 unspecified atom stereocenters. The number of anilines is 1. The van der Waals surface area contributed by atoms with Gasteiger partial charge in [-0.3, -0.25) is 14.9 Å². The molecule has 4 nitrogen and oxygen atoms in total. The summed E-state index contributed by atoms with van der Waals surface area (Å²) < 4.78 is 0. The highest BCUT2D eigenvalue weighted by atomic mass is 15.3. The van der Waals surface area contributed by atoms with Gasteiger partial charge in [0, 0.05) is 55.4 Å². The summed E-state index contributed by atoms with van der Waals surface area (Å²) >= 11 is 0. The van der Waals surface area contributed by atoms with E-state index in [1.807, 2.05) is 18.5 Å². The lowest BCUT2D eigenvalue weighted by Crippen LogP contribution is -2.44. The fourth-order valence-electron chi connectivity index (χ4n) is 4.75. The number of allylic oxidation sites excluding steroid dienone is 1. The van der Waals surface area contributed by atoms with E-state index >= 15 is 0 Å². The van der Waals surface area contributed by atoms with Crippen molar-refractivity contribution in [2.75, 3.05) is 31.6 Å². The Bertz CT molecular complexity index is 867. The highest BCUT2D eigenvalue weighted by Gasteiger charge is 2.41. The lowest BCUT2D eigenvalue weighted by Gasteiger charge is -2.33. The number of rotatable bonds is 3. The number of hydrogen-bond acceptors (Lipinski definition) is 4. The van der Waals surface area contributed by atoms with Crippen molar-refractivity contribution in [3.8, 4) is 0 Å². The molecule has 2 bridgehead atoms. The standard InChI is InChI=1S/C23H26N4/c1-26-15-22-13-21(26)16-27(22)20-8-6-17(7-9-20)12-18-4-3-11-25-23(18)19-5-2-10-24-14-19/h2,5-10,12,14,21-22H,3-4,11,13,15-16H2,1H3/b18-12+/t21-,22-/m1/s1. The SMILES string of the molecule is CN1C[C@H]2C[C@@H]1CN2c1ccc(/C=C2\CCCN=C2c2cccnc2)cc1. The zero-order valence-corrected chi connectivity index (χ0v) is 15.9. The maximum atomic E-state index is 4.79.